The van der Waals surface area contributed by atoms with E-state index in [9.17, 15) is 10.1 Å². The monoisotopic (exact) mass is 267 g/mol. The summed E-state index contributed by atoms with van der Waals surface area (Å²) in [4.78, 5) is 10.7. The van der Waals surface area contributed by atoms with E-state index in [1.807, 2.05) is 13.8 Å². The molecule has 0 saturated heterocycles. The maximum Gasteiger partial charge on any atom is 0.315 e. The summed E-state index contributed by atoms with van der Waals surface area (Å²) in [5.41, 5.74) is 0.890. The Hall–Kier alpha value is -1.82. The van der Waals surface area contributed by atoms with E-state index in [0.29, 0.717) is 24.3 Å². The minimum atomic E-state index is -0.396. The van der Waals surface area contributed by atoms with E-state index in [4.69, 9.17) is 5.11 Å². The zero-order valence-corrected chi connectivity index (χ0v) is 11.6. The molecule has 106 valence electrons. The molecule has 0 bridgehead atoms. The minimum Gasteiger partial charge on any atom is -0.396 e. The lowest BCUT2D eigenvalue weighted by molar-refractivity contribution is -0.383. The molecule has 6 nitrogen and oxygen atoms in total. The summed E-state index contributed by atoms with van der Waals surface area (Å²) < 4.78 is 0. The van der Waals surface area contributed by atoms with E-state index in [-0.39, 0.29) is 17.7 Å². The molecule has 0 atom stereocenters. The van der Waals surface area contributed by atoms with Crippen LogP contribution in [0.25, 0.3) is 0 Å². The zero-order chi connectivity index (χ0) is 14.5. The Morgan fingerprint density at radius 3 is 2.53 bits per heavy atom. The lowest BCUT2D eigenvalue weighted by Gasteiger charge is -2.24. The number of rotatable bonds is 7. The molecule has 1 rings (SSSR count). The number of nitro benzene ring substituents is 1. The summed E-state index contributed by atoms with van der Waals surface area (Å²) in [5.74, 6) is 0. The molecule has 0 aromatic heterocycles. The first-order valence-electron chi connectivity index (χ1n) is 6.21. The Labute approximate surface area is 113 Å². The molecule has 3 N–H and O–H groups in total. The van der Waals surface area contributed by atoms with Gasteiger partial charge in [-0.1, -0.05) is 19.9 Å². The lowest BCUT2D eigenvalue weighted by Crippen LogP contribution is -2.24. The maximum atomic E-state index is 11.1. The molecule has 0 aliphatic rings. The highest BCUT2D eigenvalue weighted by Gasteiger charge is 2.22. The van der Waals surface area contributed by atoms with Crippen molar-refractivity contribution < 1.29 is 10.0 Å². The quantitative estimate of drug-likeness (QED) is 0.521. The van der Waals surface area contributed by atoms with Crippen LogP contribution in [0.1, 0.15) is 20.3 Å². The van der Waals surface area contributed by atoms with Crippen LogP contribution in [0, 0.1) is 15.5 Å². The van der Waals surface area contributed by atoms with Crippen molar-refractivity contribution in [2.75, 3.05) is 30.8 Å². The molecule has 0 unspecified atom stereocenters. The van der Waals surface area contributed by atoms with Crippen LogP contribution in [-0.4, -0.2) is 30.2 Å². The standard InChI is InChI=1S/C13H21N3O3/c1-13(2,7-8-17)9-15-11-6-4-5-10(14-3)12(11)16(18)19/h4-6,14-15,17H,7-9H2,1-3H3. The molecule has 0 fully saturated rings. The average Bonchev–Trinajstić information content (AvgIpc) is 2.35. The van der Waals surface area contributed by atoms with E-state index in [0.717, 1.165) is 0 Å². The molecule has 0 saturated carbocycles. The van der Waals surface area contributed by atoms with Gasteiger partial charge in [-0.15, -0.1) is 0 Å². The molecule has 0 aliphatic carbocycles. The van der Waals surface area contributed by atoms with Gasteiger partial charge in [0.15, 0.2) is 0 Å². The summed E-state index contributed by atoms with van der Waals surface area (Å²) in [7, 11) is 1.65. The first-order valence-corrected chi connectivity index (χ1v) is 6.21. The number of hydrogen-bond acceptors (Lipinski definition) is 5. The highest BCUT2D eigenvalue weighted by molar-refractivity contribution is 5.76. The Bertz CT molecular complexity index is 447. The number of hydrogen-bond donors (Lipinski definition) is 3. The van der Waals surface area contributed by atoms with Gasteiger partial charge in [0.1, 0.15) is 11.4 Å². The summed E-state index contributed by atoms with van der Waals surface area (Å²) in [6.07, 6.45) is 0.638. The number of benzene rings is 1. The van der Waals surface area contributed by atoms with Gasteiger partial charge in [-0.05, 0) is 24.0 Å². The van der Waals surface area contributed by atoms with Gasteiger partial charge in [-0.3, -0.25) is 10.1 Å². The Morgan fingerprint density at radius 2 is 2.00 bits per heavy atom. The van der Waals surface area contributed by atoms with Gasteiger partial charge in [-0.2, -0.15) is 0 Å². The number of nitrogens with one attached hydrogen (secondary N) is 2. The molecule has 0 radical (unpaired) electrons. The summed E-state index contributed by atoms with van der Waals surface area (Å²) in [6.45, 7) is 4.67. The van der Waals surface area contributed by atoms with Crippen molar-refractivity contribution in [2.45, 2.75) is 20.3 Å². The van der Waals surface area contributed by atoms with Gasteiger partial charge in [0.2, 0.25) is 0 Å². The molecule has 0 aliphatic heterocycles. The number of nitro groups is 1. The van der Waals surface area contributed by atoms with Crippen molar-refractivity contribution in [3.8, 4) is 0 Å². The topological polar surface area (TPSA) is 87.4 Å². The fourth-order valence-electron chi connectivity index (χ4n) is 1.81. The number of nitrogens with zero attached hydrogens (tertiary/aromatic N) is 1. The second-order valence-electron chi connectivity index (χ2n) is 5.20. The number of aliphatic hydroxyl groups excluding tert-OH is 1. The molecule has 0 spiro atoms. The minimum absolute atomic E-state index is 0.0461. The zero-order valence-electron chi connectivity index (χ0n) is 11.6. The predicted octanol–water partition coefficient (Wildman–Crippen LogP) is 2.46. The molecular weight excluding hydrogens is 246 g/mol. The van der Waals surface area contributed by atoms with Gasteiger partial charge in [0, 0.05) is 20.2 Å². The first kappa shape index (κ1) is 15.2. The Kier molecular flexibility index (Phi) is 5.11. The van der Waals surface area contributed by atoms with Crippen molar-refractivity contribution in [3.05, 3.63) is 28.3 Å². The summed E-state index contributed by atoms with van der Waals surface area (Å²) in [6, 6.07) is 5.12. The highest BCUT2D eigenvalue weighted by Crippen LogP contribution is 2.33. The molecule has 0 heterocycles. The van der Waals surface area contributed by atoms with E-state index >= 15 is 0 Å². The second kappa shape index (κ2) is 6.38. The summed E-state index contributed by atoms with van der Waals surface area (Å²) in [5, 5.41) is 26.0. The highest BCUT2D eigenvalue weighted by atomic mass is 16.6. The van der Waals surface area contributed by atoms with E-state index < -0.39 is 4.92 Å². The first-order chi connectivity index (χ1) is 8.91. The lowest BCUT2D eigenvalue weighted by atomic mass is 9.89. The molecule has 19 heavy (non-hydrogen) atoms. The van der Waals surface area contributed by atoms with Crippen molar-refractivity contribution in [3.63, 3.8) is 0 Å². The third kappa shape index (κ3) is 4.10. The van der Waals surface area contributed by atoms with E-state index in [1.165, 1.54) is 0 Å². The van der Waals surface area contributed by atoms with Gasteiger partial charge in [-0.25, -0.2) is 0 Å². The van der Waals surface area contributed by atoms with Crippen LogP contribution in [0.3, 0.4) is 0 Å². The molecule has 6 heteroatoms. The smallest absolute Gasteiger partial charge is 0.315 e. The van der Waals surface area contributed by atoms with Crippen molar-refractivity contribution in [1.82, 2.24) is 0 Å². The second-order valence-corrected chi connectivity index (χ2v) is 5.20. The van der Waals surface area contributed by atoms with Crippen molar-refractivity contribution >= 4 is 17.1 Å². The molecule has 1 aromatic carbocycles. The van der Waals surface area contributed by atoms with Gasteiger partial charge >= 0.3 is 5.69 Å². The largest absolute Gasteiger partial charge is 0.396 e. The number of para-hydroxylation sites is 1. The van der Waals surface area contributed by atoms with Gasteiger partial charge in [0.25, 0.3) is 0 Å². The fraction of sp³-hybridized carbons (Fsp3) is 0.538. The third-order valence-corrected chi connectivity index (χ3v) is 3.03. The van der Waals surface area contributed by atoms with Crippen molar-refractivity contribution in [1.29, 1.82) is 0 Å². The van der Waals surface area contributed by atoms with Crippen LogP contribution < -0.4 is 10.6 Å². The van der Waals surface area contributed by atoms with Crippen LogP contribution in [-0.2, 0) is 0 Å². The third-order valence-electron chi connectivity index (χ3n) is 3.03. The Balaban J connectivity index is 2.92. The van der Waals surface area contributed by atoms with E-state index in [2.05, 4.69) is 10.6 Å². The van der Waals surface area contributed by atoms with E-state index in [1.54, 1.807) is 25.2 Å². The number of anilines is 2. The van der Waals surface area contributed by atoms with Crippen LogP contribution in [0.5, 0.6) is 0 Å². The summed E-state index contributed by atoms with van der Waals surface area (Å²) >= 11 is 0. The molecule has 1 aromatic rings. The van der Waals surface area contributed by atoms with Gasteiger partial charge < -0.3 is 15.7 Å². The fourth-order valence-corrected chi connectivity index (χ4v) is 1.81. The van der Waals surface area contributed by atoms with Crippen molar-refractivity contribution in [2.24, 2.45) is 5.41 Å². The van der Waals surface area contributed by atoms with Crippen LogP contribution >= 0.6 is 0 Å². The Morgan fingerprint density at radius 1 is 1.37 bits per heavy atom. The van der Waals surface area contributed by atoms with Crippen LogP contribution in [0.2, 0.25) is 0 Å². The molecular formula is C13H21N3O3. The molecule has 0 amide bonds. The predicted molar refractivity (Wildman–Crippen MR) is 76.6 cm³/mol. The normalized spacial score (nSPS) is 11.2. The average molecular weight is 267 g/mol. The SMILES string of the molecule is CNc1cccc(NCC(C)(C)CCO)c1[N+](=O)[O-]. The van der Waals surface area contributed by atoms with Crippen LogP contribution in [0.4, 0.5) is 17.1 Å². The van der Waals surface area contributed by atoms with Crippen LogP contribution in [0.15, 0.2) is 18.2 Å². The maximum absolute atomic E-state index is 11.1. The number of aliphatic hydroxyl groups is 1. The van der Waals surface area contributed by atoms with Gasteiger partial charge in [0.05, 0.1) is 4.92 Å².